The molecule has 1 amide bonds. The normalized spacial score (nSPS) is 15.8. The molecule has 1 N–H and O–H groups in total. The van der Waals surface area contributed by atoms with Crippen LogP contribution in [0.15, 0.2) is 48.5 Å². The Hall–Kier alpha value is -2.39. The largest absolute Gasteiger partial charge is 0.416 e. The number of nitrogens with zero attached hydrogens (tertiary/aromatic N) is 1. The Morgan fingerprint density at radius 1 is 0.931 bits per heavy atom. The number of hydrogen-bond acceptors (Lipinski definition) is 3. The van der Waals surface area contributed by atoms with Crippen molar-refractivity contribution in [2.75, 3.05) is 18.4 Å². The van der Waals surface area contributed by atoms with Crippen molar-refractivity contribution in [3.05, 3.63) is 65.2 Å². The molecule has 0 aliphatic carbocycles. The van der Waals surface area contributed by atoms with Gasteiger partial charge in [-0.3, -0.25) is 4.79 Å². The van der Waals surface area contributed by atoms with Gasteiger partial charge in [0.1, 0.15) is 0 Å². The maximum absolute atomic E-state index is 12.6. The second-order valence-electron chi connectivity index (χ2n) is 6.94. The van der Waals surface area contributed by atoms with Crippen LogP contribution in [0.3, 0.4) is 0 Å². The molecule has 2 aromatic carbocycles. The quantitative estimate of drug-likeness (QED) is 0.776. The number of hydrogen-bond donors (Lipinski definition) is 1. The van der Waals surface area contributed by atoms with E-state index in [1.54, 1.807) is 12.1 Å². The van der Waals surface area contributed by atoms with Crippen LogP contribution in [0.2, 0.25) is 0 Å². The van der Waals surface area contributed by atoms with Crippen molar-refractivity contribution in [3.63, 3.8) is 0 Å². The third-order valence-electron chi connectivity index (χ3n) is 4.74. The van der Waals surface area contributed by atoms with Crippen molar-refractivity contribution in [3.8, 4) is 0 Å². The van der Waals surface area contributed by atoms with Gasteiger partial charge in [0.25, 0.3) is 5.91 Å². The predicted molar refractivity (Wildman–Crippen MR) is 104 cm³/mol. The number of anilines is 1. The van der Waals surface area contributed by atoms with Crippen LogP contribution in [-0.2, 0) is 22.0 Å². The first kappa shape index (κ1) is 21.3. The summed E-state index contributed by atoms with van der Waals surface area (Å²) in [6, 6.07) is 10.3. The number of piperidine rings is 1. The van der Waals surface area contributed by atoms with Crippen LogP contribution in [-0.4, -0.2) is 31.7 Å². The number of alkyl halides is 3. The summed E-state index contributed by atoms with van der Waals surface area (Å²) < 4.78 is 64.2. The zero-order valence-corrected chi connectivity index (χ0v) is 16.4. The van der Waals surface area contributed by atoms with Gasteiger partial charge in [0, 0.05) is 24.3 Å². The average Bonchev–Trinajstić information content (AvgIpc) is 2.68. The summed E-state index contributed by atoms with van der Waals surface area (Å²) in [5.74, 6) is -0.622. The molecule has 0 radical (unpaired) electrons. The van der Waals surface area contributed by atoms with Crippen LogP contribution < -0.4 is 5.32 Å². The van der Waals surface area contributed by atoms with Crippen LogP contribution in [0.5, 0.6) is 0 Å². The fraction of sp³-hybridized carbons (Fsp3) is 0.350. The minimum absolute atomic E-state index is 0.131. The van der Waals surface area contributed by atoms with E-state index >= 15 is 0 Å². The van der Waals surface area contributed by atoms with Gasteiger partial charge in [0.05, 0.1) is 11.3 Å². The molecule has 0 saturated carbocycles. The highest BCUT2D eigenvalue weighted by atomic mass is 32.2. The van der Waals surface area contributed by atoms with Crippen molar-refractivity contribution >= 4 is 21.6 Å². The molecule has 0 spiro atoms. The zero-order chi connectivity index (χ0) is 21.1. The van der Waals surface area contributed by atoms with E-state index in [4.69, 9.17) is 0 Å². The lowest BCUT2D eigenvalue weighted by Crippen LogP contribution is -2.36. The smallest absolute Gasteiger partial charge is 0.322 e. The first-order valence-electron chi connectivity index (χ1n) is 9.20. The van der Waals surface area contributed by atoms with Crippen LogP contribution in [0.25, 0.3) is 0 Å². The fourth-order valence-electron chi connectivity index (χ4n) is 3.14. The summed E-state index contributed by atoms with van der Waals surface area (Å²) in [6.07, 6.45) is -1.67. The van der Waals surface area contributed by atoms with Crippen molar-refractivity contribution in [1.29, 1.82) is 0 Å². The number of amides is 1. The van der Waals surface area contributed by atoms with Crippen LogP contribution in [0, 0.1) is 0 Å². The van der Waals surface area contributed by atoms with Crippen molar-refractivity contribution in [2.24, 2.45) is 0 Å². The number of carbonyl (C=O) groups is 1. The van der Waals surface area contributed by atoms with Gasteiger partial charge in [0.2, 0.25) is 10.0 Å². The highest BCUT2D eigenvalue weighted by Gasteiger charge is 2.30. The molecular formula is C20H21F3N2O3S. The molecule has 0 unspecified atom stereocenters. The van der Waals surface area contributed by atoms with Crippen molar-refractivity contribution in [1.82, 2.24) is 4.31 Å². The maximum Gasteiger partial charge on any atom is 0.416 e. The monoisotopic (exact) mass is 426 g/mol. The lowest BCUT2D eigenvalue weighted by molar-refractivity contribution is -0.137. The first-order chi connectivity index (χ1) is 13.6. The van der Waals surface area contributed by atoms with Gasteiger partial charge < -0.3 is 5.32 Å². The van der Waals surface area contributed by atoms with E-state index < -0.39 is 27.7 Å². The van der Waals surface area contributed by atoms with E-state index in [2.05, 4.69) is 5.32 Å². The number of benzene rings is 2. The Balaban J connectivity index is 1.62. The molecule has 9 heteroatoms. The number of rotatable bonds is 5. The topological polar surface area (TPSA) is 66.5 Å². The predicted octanol–water partition coefficient (Wildman–Crippen LogP) is 4.27. The van der Waals surface area contributed by atoms with E-state index in [-0.39, 0.29) is 17.0 Å². The summed E-state index contributed by atoms with van der Waals surface area (Å²) in [4.78, 5) is 12.3. The Bertz CT molecular complexity index is 950. The van der Waals surface area contributed by atoms with E-state index in [0.717, 1.165) is 31.4 Å². The Kier molecular flexibility index (Phi) is 6.28. The van der Waals surface area contributed by atoms with E-state index in [9.17, 15) is 26.4 Å². The van der Waals surface area contributed by atoms with Crippen LogP contribution >= 0.6 is 0 Å². The van der Waals surface area contributed by atoms with E-state index in [0.29, 0.717) is 18.7 Å². The molecule has 1 aliphatic rings. The summed E-state index contributed by atoms with van der Waals surface area (Å²) >= 11 is 0. The lowest BCUT2D eigenvalue weighted by atomic mass is 10.1. The number of carbonyl (C=O) groups excluding carboxylic acids is 1. The molecule has 0 bridgehead atoms. The molecule has 3 rings (SSSR count). The molecule has 29 heavy (non-hydrogen) atoms. The number of nitrogens with one attached hydrogen (secondary N) is 1. The highest BCUT2D eigenvalue weighted by Crippen LogP contribution is 2.29. The summed E-state index contributed by atoms with van der Waals surface area (Å²) in [5.41, 5.74) is 0.292. The molecule has 1 heterocycles. The second kappa shape index (κ2) is 8.54. The lowest BCUT2D eigenvalue weighted by Gasteiger charge is -2.25. The summed E-state index contributed by atoms with van der Waals surface area (Å²) in [7, 11) is -3.39. The van der Waals surface area contributed by atoms with Gasteiger partial charge in [-0.2, -0.15) is 13.2 Å². The molecule has 0 atom stereocenters. The Labute approximate surface area is 167 Å². The van der Waals surface area contributed by atoms with Gasteiger partial charge in [-0.15, -0.1) is 0 Å². The maximum atomic E-state index is 12.6. The number of sulfonamides is 1. The average molecular weight is 426 g/mol. The molecule has 1 fully saturated rings. The molecule has 0 aromatic heterocycles. The van der Waals surface area contributed by atoms with Gasteiger partial charge in [-0.25, -0.2) is 12.7 Å². The molecule has 1 aliphatic heterocycles. The summed E-state index contributed by atoms with van der Waals surface area (Å²) in [5, 5.41) is 2.52. The van der Waals surface area contributed by atoms with Gasteiger partial charge >= 0.3 is 6.18 Å². The van der Waals surface area contributed by atoms with Crippen molar-refractivity contribution < 1.29 is 26.4 Å². The van der Waals surface area contributed by atoms with E-state index in [1.165, 1.54) is 28.6 Å². The molecular weight excluding hydrogens is 405 g/mol. The third-order valence-corrected chi connectivity index (χ3v) is 6.59. The summed E-state index contributed by atoms with van der Waals surface area (Å²) in [6.45, 7) is 1.08. The second-order valence-corrected chi connectivity index (χ2v) is 8.91. The number of halogens is 3. The van der Waals surface area contributed by atoms with Crippen LogP contribution in [0.1, 0.15) is 40.7 Å². The molecule has 156 valence electrons. The SMILES string of the molecule is O=C(Nc1ccc(C(F)(F)F)cc1)c1ccc(CS(=O)(=O)N2CCCCC2)cc1. The standard InChI is InChI=1S/C20H21F3N2O3S/c21-20(22,23)17-8-10-18(11-9-17)24-19(26)16-6-4-15(5-7-16)14-29(27,28)25-12-2-1-3-13-25/h4-11H,1-3,12-14H2,(H,24,26). The highest BCUT2D eigenvalue weighted by molar-refractivity contribution is 7.88. The van der Waals surface area contributed by atoms with Gasteiger partial charge in [0.15, 0.2) is 0 Å². The van der Waals surface area contributed by atoms with Gasteiger partial charge in [-0.1, -0.05) is 18.6 Å². The first-order valence-corrected chi connectivity index (χ1v) is 10.8. The van der Waals surface area contributed by atoms with E-state index in [1.807, 2.05) is 0 Å². The third kappa shape index (κ3) is 5.57. The molecule has 5 nitrogen and oxygen atoms in total. The molecule has 2 aromatic rings. The fourth-order valence-corrected chi connectivity index (χ4v) is 4.75. The van der Waals surface area contributed by atoms with Crippen molar-refractivity contribution in [2.45, 2.75) is 31.2 Å². The van der Waals surface area contributed by atoms with Gasteiger partial charge in [-0.05, 0) is 54.8 Å². The minimum Gasteiger partial charge on any atom is -0.322 e. The zero-order valence-electron chi connectivity index (χ0n) is 15.6. The van der Waals surface area contributed by atoms with Crippen LogP contribution in [0.4, 0.5) is 18.9 Å². The Morgan fingerprint density at radius 2 is 1.52 bits per heavy atom. The molecule has 1 saturated heterocycles. The minimum atomic E-state index is -4.44. The Morgan fingerprint density at radius 3 is 2.07 bits per heavy atom.